The van der Waals surface area contributed by atoms with Crippen LogP contribution in [-0.4, -0.2) is 10.5 Å². The Morgan fingerprint density at radius 1 is 1.22 bits per heavy atom. The van der Waals surface area contributed by atoms with Gasteiger partial charge in [-0.15, -0.1) is 11.3 Å². The third kappa shape index (κ3) is 3.93. The Hall–Kier alpha value is -1.19. The van der Waals surface area contributed by atoms with Gasteiger partial charge in [0.1, 0.15) is 0 Å². The van der Waals surface area contributed by atoms with E-state index in [-0.39, 0.29) is 5.54 Å². The van der Waals surface area contributed by atoms with Crippen molar-refractivity contribution in [2.45, 2.75) is 39.3 Å². The second-order valence-corrected chi connectivity index (χ2v) is 6.56. The molecule has 0 amide bonds. The Bertz CT molecular complexity index is 488. The number of hydrogen-bond donors (Lipinski definition) is 1. The number of nitrogens with one attached hydrogen (secondary N) is 1. The maximum absolute atomic E-state index is 4.28. The summed E-state index contributed by atoms with van der Waals surface area (Å²) >= 11 is 1.76. The zero-order valence-electron chi connectivity index (χ0n) is 11.2. The molecule has 2 aromatic rings. The number of rotatable bonds is 5. The van der Waals surface area contributed by atoms with E-state index in [4.69, 9.17) is 0 Å². The summed E-state index contributed by atoms with van der Waals surface area (Å²) in [5, 5.41) is 4.74. The van der Waals surface area contributed by atoms with Gasteiger partial charge >= 0.3 is 0 Å². The standard InChI is InChI=1S/C15H20N2S/c1-12-16-10-14(18-12)11-17-15(2,3)9-13-7-5-4-6-8-13/h4-8,10,17H,9,11H2,1-3H3. The van der Waals surface area contributed by atoms with Gasteiger partial charge < -0.3 is 5.32 Å². The van der Waals surface area contributed by atoms with Gasteiger partial charge in [0.25, 0.3) is 0 Å². The molecule has 0 radical (unpaired) electrons. The molecule has 0 atom stereocenters. The molecular weight excluding hydrogens is 240 g/mol. The number of thiazole rings is 1. The van der Waals surface area contributed by atoms with E-state index in [1.165, 1.54) is 10.4 Å². The van der Waals surface area contributed by atoms with Crippen LogP contribution in [0, 0.1) is 6.92 Å². The summed E-state index contributed by atoms with van der Waals surface area (Å²) in [5.41, 5.74) is 1.47. The highest BCUT2D eigenvalue weighted by molar-refractivity contribution is 7.11. The van der Waals surface area contributed by atoms with E-state index in [0.717, 1.165) is 18.0 Å². The van der Waals surface area contributed by atoms with Crippen molar-refractivity contribution in [1.82, 2.24) is 10.3 Å². The first-order chi connectivity index (χ1) is 8.55. The highest BCUT2D eigenvalue weighted by Crippen LogP contribution is 2.16. The summed E-state index contributed by atoms with van der Waals surface area (Å²) in [6.07, 6.45) is 3.00. The average Bonchev–Trinajstić information content (AvgIpc) is 2.74. The van der Waals surface area contributed by atoms with Crippen LogP contribution in [0.1, 0.15) is 29.3 Å². The molecule has 3 heteroatoms. The first-order valence-corrected chi connectivity index (χ1v) is 7.07. The lowest BCUT2D eigenvalue weighted by Gasteiger charge is -2.26. The van der Waals surface area contributed by atoms with Crippen molar-refractivity contribution in [2.24, 2.45) is 0 Å². The summed E-state index contributed by atoms with van der Waals surface area (Å²) in [6, 6.07) is 10.6. The topological polar surface area (TPSA) is 24.9 Å². The van der Waals surface area contributed by atoms with Crippen LogP contribution in [0.5, 0.6) is 0 Å². The van der Waals surface area contributed by atoms with Crippen LogP contribution in [0.25, 0.3) is 0 Å². The fraction of sp³-hybridized carbons (Fsp3) is 0.400. The minimum atomic E-state index is 0.0965. The molecule has 1 aromatic carbocycles. The molecule has 0 saturated carbocycles. The van der Waals surface area contributed by atoms with E-state index in [9.17, 15) is 0 Å². The third-order valence-corrected chi connectivity index (χ3v) is 3.81. The number of hydrogen-bond acceptors (Lipinski definition) is 3. The lowest BCUT2D eigenvalue weighted by atomic mass is 9.95. The maximum atomic E-state index is 4.28. The number of aromatic nitrogens is 1. The predicted molar refractivity (Wildman–Crippen MR) is 77.9 cm³/mol. The van der Waals surface area contributed by atoms with Crippen molar-refractivity contribution in [1.29, 1.82) is 0 Å². The molecule has 0 aliphatic rings. The highest BCUT2D eigenvalue weighted by Gasteiger charge is 2.17. The molecule has 0 bridgehead atoms. The van der Waals surface area contributed by atoms with Crippen LogP contribution in [0.15, 0.2) is 36.5 Å². The Labute approximate surface area is 113 Å². The van der Waals surface area contributed by atoms with Crippen molar-refractivity contribution in [3.05, 3.63) is 52.0 Å². The maximum Gasteiger partial charge on any atom is 0.0897 e. The number of benzene rings is 1. The third-order valence-electron chi connectivity index (χ3n) is 2.90. The minimum Gasteiger partial charge on any atom is -0.307 e. The van der Waals surface area contributed by atoms with Gasteiger partial charge in [-0.2, -0.15) is 0 Å². The van der Waals surface area contributed by atoms with Crippen LogP contribution in [0.3, 0.4) is 0 Å². The molecule has 0 fully saturated rings. The van der Waals surface area contributed by atoms with Crippen LogP contribution < -0.4 is 5.32 Å². The first kappa shape index (κ1) is 13.2. The summed E-state index contributed by atoms with van der Waals surface area (Å²) < 4.78 is 0. The molecule has 96 valence electrons. The molecule has 0 aliphatic heterocycles. The summed E-state index contributed by atoms with van der Waals surface area (Å²) in [4.78, 5) is 5.58. The summed E-state index contributed by atoms with van der Waals surface area (Å²) in [7, 11) is 0. The largest absolute Gasteiger partial charge is 0.307 e. The summed E-state index contributed by atoms with van der Waals surface area (Å²) in [6.45, 7) is 7.43. The molecule has 2 nitrogen and oxygen atoms in total. The molecule has 1 N–H and O–H groups in total. The van der Waals surface area contributed by atoms with E-state index in [1.807, 2.05) is 13.1 Å². The van der Waals surface area contributed by atoms with Gasteiger partial charge in [-0.1, -0.05) is 30.3 Å². The zero-order chi connectivity index (χ0) is 13.0. The molecule has 1 heterocycles. The molecular formula is C15H20N2S. The summed E-state index contributed by atoms with van der Waals surface area (Å²) in [5.74, 6) is 0. The Balaban J connectivity index is 1.91. The van der Waals surface area contributed by atoms with E-state index in [1.54, 1.807) is 11.3 Å². The van der Waals surface area contributed by atoms with Crippen molar-refractivity contribution in [3.8, 4) is 0 Å². The van der Waals surface area contributed by atoms with Gasteiger partial charge in [0.15, 0.2) is 0 Å². The Morgan fingerprint density at radius 2 is 1.94 bits per heavy atom. The van der Waals surface area contributed by atoms with Gasteiger partial charge in [0, 0.05) is 23.2 Å². The quantitative estimate of drug-likeness (QED) is 0.889. The van der Waals surface area contributed by atoms with Gasteiger partial charge in [-0.25, -0.2) is 4.98 Å². The monoisotopic (exact) mass is 260 g/mol. The Morgan fingerprint density at radius 3 is 2.56 bits per heavy atom. The molecule has 0 aliphatic carbocycles. The number of nitrogens with zero attached hydrogens (tertiary/aromatic N) is 1. The second-order valence-electron chi connectivity index (χ2n) is 5.25. The molecule has 1 aromatic heterocycles. The van der Waals surface area contributed by atoms with E-state index in [0.29, 0.717) is 0 Å². The molecule has 2 rings (SSSR count). The van der Waals surface area contributed by atoms with Gasteiger partial charge in [0.2, 0.25) is 0 Å². The fourth-order valence-corrected chi connectivity index (χ4v) is 2.72. The van der Waals surface area contributed by atoms with Gasteiger partial charge in [-0.05, 0) is 32.8 Å². The molecule has 0 saturated heterocycles. The second kappa shape index (κ2) is 5.63. The zero-order valence-corrected chi connectivity index (χ0v) is 12.1. The molecule has 0 unspecified atom stereocenters. The lowest BCUT2D eigenvalue weighted by Crippen LogP contribution is -2.40. The van der Waals surface area contributed by atoms with Gasteiger partial charge in [0.05, 0.1) is 5.01 Å². The predicted octanol–water partition coefficient (Wildman–Crippen LogP) is 3.56. The van der Waals surface area contributed by atoms with Crippen molar-refractivity contribution in [2.75, 3.05) is 0 Å². The number of aryl methyl sites for hydroxylation is 1. The fourth-order valence-electron chi connectivity index (χ4n) is 1.98. The molecule has 18 heavy (non-hydrogen) atoms. The van der Waals surface area contributed by atoms with Crippen molar-refractivity contribution < 1.29 is 0 Å². The van der Waals surface area contributed by atoms with Crippen molar-refractivity contribution >= 4 is 11.3 Å². The van der Waals surface area contributed by atoms with Crippen LogP contribution in [0.2, 0.25) is 0 Å². The lowest BCUT2D eigenvalue weighted by molar-refractivity contribution is 0.385. The Kier molecular flexibility index (Phi) is 4.15. The normalized spacial score (nSPS) is 11.7. The minimum absolute atomic E-state index is 0.0965. The van der Waals surface area contributed by atoms with Gasteiger partial charge in [-0.3, -0.25) is 0 Å². The first-order valence-electron chi connectivity index (χ1n) is 6.25. The van der Waals surface area contributed by atoms with E-state index in [2.05, 4.69) is 54.5 Å². The molecule has 0 spiro atoms. The van der Waals surface area contributed by atoms with E-state index < -0.39 is 0 Å². The van der Waals surface area contributed by atoms with Crippen LogP contribution in [0.4, 0.5) is 0 Å². The highest BCUT2D eigenvalue weighted by atomic mass is 32.1. The van der Waals surface area contributed by atoms with Crippen LogP contribution in [-0.2, 0) is 13.0 Å². The average molecular weight is 260 g/mol. The van der Waals surface area contributed by atoms with Crippen LogP contribution >= 0.6 is 11.3 Å². The SMILES string of the molecule is Cc1ncc(CNC(C)(C)Cc2ccccc2)s1. The van der Waals surface area contributed by atoms with Crippen molar-refractivity contribution in [3.63, 3.8) is 0 Å². The van der Waals surface area contributed by atoms with E-state index >= 15 is 0 Å². The smallest absolute Gasteiger partial charge is 0.0897 e.